The highest BCUT2D eigenvalue weighted by molar-refractivity contribution is 5.91. The average molecular weight is 399 g/mol. The van der Waals surface area contributed by atoms with Gasteiger partial charge in [0.1, 0.15) is 0 Å². The SMILES string of the molecule is C=C1C[C@@]2(C)[C@@H](CC[C@@]2(O)C(=C)C[C@H](C)C(=O)O)[C@@H]2CCC3=CC(=O)CC[C@@H]3[C@@H]12. The Kier molecular flexibility index (Phi) is 4.92. The van der Waals surface area contributed by atoms with Gasteiger partial charge in [-0.2, -0.15) is 0 Å². The summed E-state index contributed by atoms with van der Waals surface area (Å²) >= 11 is 0. The van der Waals surface area contributed by atoms with Gasteiger partial charge in [0.15, 0.2) is 5.78 Å². The highest BCUT2D eigenvalue weighted by atomic mass is 16.4. The first-order valence-corrected chi connectivity index (χ1v) is 11.1. The van der Waals surface area contributed by atoms with Gasteiger partial charge in [-0.15, -0.1) is 0 Å². The van der Waals surface area contributed by atoms with E-state index in [4.69, 9.17) is 0 Å². The molecule has 0 aromatic carbocycles. The number of aliphatic hydroxyl groups is 1. The number of aliphatic carboxylic acids is 1. The van der Waals surface area contributed by atoms with Gasteiger partial charge in [-0.3, -0.25) is 9.59 Å². The van der Waals surface area contributed by atoms with Gasteiger partial charge >= 0.3 is 5.97 Å². The molecule has 3 fully saturated rings. The van der Waals surface area contributed by atoms with E-state index in [-0.39, 0.29) is 11.2 Å². The Morgan fingerprint density at radius 2 is 2.03 bits per heavy atom. The number of allylic oxidation sites excluding steroid dienone is 2. The quantitative estimate of drug-likeness (QED) is 0.674. The molecule has 0 saturated heterocycles. The highest BCUT2D eigenvalue weighted by Crippen LogP contribution is 2.67. The Hall–Kier alpha value is -1.68. The Morgan fingerprint density at radius 3 is 2.72 bits per heavy atom. The minimum absolute atomic E-state index is 0.264. The molecule has 0 aromatic heterocycles. The number of carbonyl (C=O) groups excluding carboxylic acids is 1. The lowest BCUT2D eigenvalue weighted by Crippen LogP contribution is -2.54. The summed E-state index contributed by atoms with van der Waals surface area (Å²) in [6.45, 7) is 12.5. The number of carboxylic acids is 1. The van der Waals surface area contributed by atoms with Gasteiger partial charge in [0.05, 0.1) is 11.5 Å². The molecular weight excluding hydrogens is 364 g/mol. The molecule has 0 unspecified atom stereocenters. The molecular formula is C25H34O4. The fourth-order valence-corrected chi connectivity index (χ4v) is 7.42. The van der Waals surface area contributed by atoms with Crippen molar-refractivity contribution in [3.05, 3.63) is 36.0 Å². The Bertz CT molecular complexity index is 808. The van der Waals surface area contributed by atoms with Gasteiger partial charge in [0.25, 0.3) is 0 Å². The van der Waals surface area contributed by atoms with Crippen LogP contribution in [0.15, 0.2) is 36.0 Å². The van der Waals surface area contributed by atoms with Crippen LogP contribution in [0.2, 0.25) is 0 Å². The molecule has 4 aliphatic rings. The zero-order valence-electron chi connectivity index (χ0n) is 17.7. The van der Waals surface area contributed by atoms with Crippen LogP contribution >= 0.6 is 0 Å². The maximum atomic E-state index is 11.9. The van der Waals surface area contributed by atoms with Crippen molar-refractivity contribution in [1.82, 2.24) is 0 Å². The molecule has 29 heavy (non-hydrogen) atoms. The van der Waals surface area contributed by atoms with Gasteiger partial charge in [-0.1, -0.05) is 38.2 Å². The van der Waals surface area contributed by atoms with Gasteiger partial charge in [0, 0.05) is 11.8 Å². The van der Waals surface area contributed by atoms with Crippen LogP contribution in [-0.2, 0) is 9.59 Å². The summed E-state index contributed by atoms with van der Waals surface area (Å²) in [7, 11) is 0. The van der Waals surface area contributed by atoms with E-state index in [1.165, 1.54) is 11.1 Å². The molecule has 0 heterocycles. The van der Waals surface area contributed by atoms with Gasteiger partial charge < -0.3 is 10.2 Å². The van der Waals surface area contributed by atoms with Crippen molar-refractivity contribution in [3.63, 3.8) is 0 Å². The van der Waals surface area contributed by atoms with E-state index in [0.29, 0.717) is 48.5 Å². The number of ketones is 1. The van der Waals surface area contributed by atoms with Gasteiger partial charge in [-0.25, -0.2) is 0 Å². The first-order chi connectivity index (χ1) is 13.6. The molecule has 4 aliphatic carbocycles. The van der Waals surface area contributed by atoms with Crippen molar-refractivity contribution in [2.75, 3.05) is 0 Å². The van der Waals surface area contributed by atoms with Crippen LogP contribution in [-0.4, -0.2) is 27.6 Å². The summed E-state index contributed by atoms with van der Waals surface area (Å²) in [6, 6.07) is 0. The number of carbonyl (C=O) groups is 2. The third-order valence-corrected chi connectivity index (χ3v) is 8.91. The second-order valence-corrected chi connectivity index (χ2v) is 10.4. The van der Waals surface area contributed by atoms with E-state index in [1.807, 2.05) is 6.08 Å². The highest BCUT2D eigenvalue weighted by Gasteiger charge is 2.64. The summed E-state index contributed by atoms with van der Waals surface area (Å²) in [5.74, 6) is 0.591. The first kappa shape index (κ1) is 20.6. The molecule has 0 spiro atoms. The summed E-state index contributed by atoms with van der Waals surface area (Å²) in [5.41, 5.74) is 1.82. The predicted octanol–water partition coefficient (Wildman–Crippen LogP) is 4.69. The molecule has 0 amide bonds. The van der Waals surface area contributed by atoms with E-state index in [2.05, 4.69) is 20.1 Å². The minimum atomic E-state index is -1.03. The lowest BCUT2D eigenvalue weighted by Gasteiger charge is -2.57. The van der Waals surface area contributed by atoms with Crippen LogP contribution in [0, 0.1) is 35.0 Å². The van der Waals surface area contributed by atoms with E-state index < -0.39 is 17.5 Å². The molecule has 4 heteroatoms. The molecule has 158 valence electrons. The molecule has 0 radical (unpaired) electrons. The van der Waals surface area contributed by atoms with Crippen molar-refractivity contribution in [3.8, 4) is 0 Å². The molecule has 3 saturated carbocycles. The second kappa shape index (κ2) is 6.94. The summed E-state index contributed by atoms with van der Waals surface area (Å²) in [5, 5.41) is 21.1. The average Bonchev–Trinajstić information content (AvgIpc) is 2.93. The number of carboxylic acid groups (broad SMARTS) is 1. The largest absolute Gasteiger partial charge is 0.481 e. The van der Waals surface area contributed by atoms with Crippen LogP contribution in [0.25, 0.3) is 0 Å². The van der Waals surface area contributed by atoms with Crippen LogP contribution in [0.3, 0.4) is 0 Å². The Morgan fingerprint density at radius 1 is 1.31 bits per heavy atom. The first-order valence-electron chi connectivity index (χ1n) is 11.1. The van der Waals surface area contributed by atoms with Crippen LogP contribution < -0.4 is 0 Å². The van der Waals surface area contributed by atoms with Gasteiger partial charge in [0.2, 0.25) is 0 Å². The normalized spacial score (nSPS) is 42.4. The van der Waals surface area contributed by atoms with Crippen molar-refractivity contribution >= 4 is 11.8 Å². The molecule has 7 atom stereocenters. The standard InChI is InChI=1S/C25H34O4/c1-14(23(27)28)11-16(3)25(29)10-9-21-20-7-5-17-12-18(26)6-8-19(17)22(20)15(2)13-24(21,25)4/h12,14,19-22,29H,2-3,5-11,13H2,1,4H3,(H,27,28)/t14-,19-,20-,21-,22+,24-,25+/m0/s1. The van der Waals surface area contributed by atoms with E-state index in [9.17, 15) is 19.8 Å². The monoisotopic (exact) mass is 398 g/mol. The molecule has 4 rings (SSSR count). The fraction of sp³-hybridized carbons (Fsp3) is 0.680. The molecule has 0 aliphatic heterocycles. The Labute approximate surface area is 173 Å². The number of hydrogen-bond acceptors (Lipinski definition) is 3. The lowest BCUT2D eigenvalue weighted by molar-refractivity contribution is -0.141. The third-order valence-electron chi connectivity index (χ3n) is 8.91. The van der Waals surface area contributed by atoms with E-state index in [0.717, 1.165) is 32.1 Å². The van der Waals surface area contributed by atoms with Crippen molar-refractivity contribution in [1.29, 1.82) is 0 Å². The smallest absolute Gasteiger partial charge is 0.306 e. The van der Waals surface area contributed by atoms with E-state index >= 15 is 0 Å². The maximum absolute atomic E-state index is 11.9. The number of fused-ring (bicyclic) bond motifs is 5. The molecule has 4 nitrogen and oxygen atoms in total. The fourth-order valence-electron chi connectivity index (χ4n) is 7.42. The topological polar surface area (TPSA) is 74.6 Å². The zero-order valence-corrected chi connectivity index (χ0v) is 17.7. The van der Waals surface area contributed by atoms with E-state index in [1.54, 1.807) is 6.92 Å². The minimum Gasteiger partial charge on any atom is -0.481 e. The molecule has 0 bridgehead atoms. The van der Waals surface area contributed by atoms with Crippen LogP contribution in [0.4, 0.5) is 0 Å². The number of rotatable bonds is 4. The van der Waals surface area contributed by atoms with Crippen molar-refractivity contribution in [2.45, 2.75) is 70.8 Å². The zero-order chi connectivity index (χ0) is 21.1. The number of hydrogen-bond donors (Lipinski definition) is 2. The Balaban J connectivity index is 1.63. The summed E-state index contributed by atoms with van der Waals surface area (Å²) in [6.07, 6.45) is 8.17. The predicted molar refractivity (Wildman–Crippen MR) is 112 cm³/mol. The summed E-state index contributed by atoms with van der Waals surface area (Å²) < 4.78 is 0. The van der Waals surface area contributed by atoms with Gasteiger partial charge in [-0.05, 0) is 80.3 Å². The molecule has 0 aromatic rings. The maximum Gasteiger partial charge on any atom is 0.306 e. The van der Waals surface area contributed by atoms with Crippen LogP contribution in [0.5, 0.6) is 0 Å². The summed E-state index contributed by atoms with van der Waals surface area (Å²) in [4.78, 5) is 23.3. The van der Waals surface area contributed by atoms with Crippen LogP contribution in [0.1, 0.15) is 65.2 Å². The van der Waals surface area contributed by atoms with Crippen molar-refractivity contribution < 1.29 is 19.8 Å². The third kappa shape index (κ3) is 2.98. The van der Waals surface area contributed by atoms with Crippen molar-refractivity contribution in [2.24, 2.45) is 35.0 Å². The lowest BCUT2D eigenvalue weighted by atomic mass is 9.48. The second-order valence-electron chi connectivity index (χ2n) is 10.4. The molecule has 2 N–H and O–H groups in total.